The van der Waals surface area contributed by atoms with Crippen molar-refractivity contribution in [3.63, 3.8) is 0 Å². The van der Waals surface area contributed by atoms with E-state index in [1.165, 1.54) is 6.42 Å². The number of aromatic carboxylic acids is 1. The molecule has 0 aliphatic carbocycles. The van der Waals surface area contributed by atoms with Gasteiger partial charge in [-0.15, -0.1) is 0 Å². The summed E-state index contributed by atoms with van der Waals surface area (Å²) >= 11 is 0. The monoisotopic (exact) mass is 539 g/mol. The number of likely N-dealkylation sites (tertiary alicyclic amines) is 1. The molecule has 2 heterocycles. The van der Waals surface area contributed by atoms with Crippen molar-refractivity contribution >= 4 is 17.7 Å². The van der Waals surface area contributed by atoms with Gasteiger partial charge in [0, 0.05) is 13.1 Å². The Balaban J connectivity index is 2.06. The molecule has 1 fully saturated rings. The number of amides is 1. The van der Waals surface area contributed by atoms with Gasteiger partial charge in [-0.3, -0.25) is 4.79 Å². The lowest BCUT2D eigenvalue weighted by atomic mass is 9.75. The second kappa shape index (κ2) is 12.0. The van der Waals surface area contributed by atoms with Gasteiger partial charge in [0.15, 0.2) is 5.84 Å². The van der Waals surface area contributed by atoms with Crippen molar-refractivity contribution in [3.05, 3.63) is 35.4 Å². The standard InChI is InChI=1S/C33H53N3O3/c1-10-26(32(6,7)8)17-20-33(9)34-28(35-21-11-12-23(2)22-35)29(37)36(33)27(18-19-31(3,4)5)24-13-15-25(16-14-24)30(38)39/h13-16,23,26-27H,10-12,17-22H2,1-9H3,(H,38,39)/t23?,26?,27-,33?/m1/s1. The van der Waals surface area contributed by atoms with E-state index in [1.807, 2.05) is 12.1 Å². The summed E-state index contributed by atoms with van der Waals surface area (Å²) in [5.41, 5.74) is 0.879. The Morgan fingerprint density at radius 1 is 1.13 bits per heavy atom. The second-order valence-electron chi connectivity index (χ2n) is 14.6. The summed E-state index contributed by atoms with van der Waals surface area (Å²) in [6, 6.07) is 6.95. The quantitative estimate of drug-likeness (QED) is 0.347. The third-order valence-electron chi connectivity index (χ3n) is 8.94. The van der Waals surface area contributed by atoms with Crippen molar-refractivity contribution < 1.29 is 14.7 Å². The third kappa shape index (κ3) is 7.64. The molecule has 0 saturated carbocycles. The molecule has 2 aliphatic heterocycles. The van der Waals surface area contributed by atoms with Gasteiger partial charge < -0.3 is 14.9 Å². The van der Waals surface area contributed by atoms with Gasteiger partial charge in [-0.05, 0) is 85.8 Å². The number of hydrogen-bond donors (Lipinski definition) is 1. The van der Waals surface area contributed by atoms with Crippen LogP contribution in [0.15, 0.2) is 29.3 Å². The molecule has 3 unspecified atom stereocenters. The first-order chi connectivity index (χ1) is 18.1. The number of aliphatic imine (C=N–C) groups is 1. The van der Waals surface area contributed by atoms with E-state index in [0.717, 1.165) is 57.2 Å². The van der Waals surface area contributed by atoms with E-state index >= 15 is 0 Å². The minimum absolute atomic E-state index is 0.0247. The van der Waals surface area contributed by atoms with E-state index in [2.05, 4.69) is 72.1 Å². The van der Waals surface area contributed by atoms with Crippen LogP contribution in [0.2, 0.25) is 0 Å². The predicted octanol–water partition coefficient (Wildman–Crippen LogP) is 7.79. The highest BCUT2D eigenvalue weighted by Gasteiger charge is 2.49. The Bertz CT molecular complexity index is 1030. The molecule has 1 aromatic rings. The van der Waals surface area contributed by atoms with E-state index in [0.29, 0.717) is 17.7 Å². The second-order valence-corrected chi connectivity index (χ2v) is 14.6. The molecule has 1 N–H and O–H groups in total. The van der Waals surface area contributed by atoms with Crippen molar-refractivity contribution in [2.75, 3.05) is 13.1 Å². The smallest absolute Gasteiger partial charge is 0.335 e. The van der Waals surface area contributed by atoms with Crippen LogP contribution >= 0.6 is 0 Å². The number of rotatable bonds is 9. The molecular weight excluding hydrogens is 486 g/mol. The Kier molecular flexibility index (Phi) is 9.60. The molecule has 6 heteroatoms. The fourth-order valence-electron chi connectivity index (χ4n) is 6.46. The number of carboxylic acids is 1. The van der Waals surface area contributed by atoms with E-state index < -0.39 is 11.6 Å². The number of carbonyl (C=O) groups excluding carboxylic acids is 1. The van der Waals surface area contributed by atoms with Crippen LogP contribution in [-0.4, -0.2) is 51.4 Å². The lowest BCUT2D eigenvalue weighted by Crippen LogP contribution is -2.50. The molecule has 218 valence electrons. The maximum atomic E-state index is 14.4. The van der Waals surface area contributed by atoms with Crippen LogP contribution in [0.25, 0.3) is 0 Å². The summed E-state index contributed by atoms with van der Waals surface area (Å²) in [7, 11) is 0. The van der Waals surface area contributed by atoms with E-state index in [9.17, 15) is 14.7 Å². The van der Waals surface area contributed by atoms with Gasteiger partial charge in [0.25, 0.3) is 5.91 Å². The van der Waals surface area contributed by atoms with Gasteiger partial charge in [0.05, 0.1) is 11.6 Å². The van der Waals surface area contributed by atoms with Crippen molar-refractivity contribution in [1.29, 1.82) is 0 Å². The molecule has 1 saturated heterocycles. The molecule has 3 rings (SSSR count). The number of hydrogen-bond acceptors (Lipinski definition) is 4. The van der Waals surface area contributed by atoms with Crippen LogP contribution < -0.4 is 0 Å². The number of piperidine rings is 1. The molecule has 39 heavy (non-hydrogen) atoms. The maximum Gasteiger partial charge on any atom is 0.335 e. The average Bonchev–Trinajstić information content (AvgIpc) is 3.09. The van der Waals surface area contributed by atoms with E-state index in [4.69, 9.17) is 4.99 Å². The molecular formula is C33H53N3O3. The summed E-state index contributed by atoms with van der Waals surface area (Å²) in [4.78, 5) is 35.6. The van der Waals surface area contributed by atoms with Gasteiger partial charge in [0.2, 0.25) is 0 Å². The molecule has 2 aliphatic rings. The van der Waals surface area contributed by atoms with Crippen LogP contribution in [0.1, 0.15) is 129 Å². The zero-order chi connectivity index (χ0) is 29.2. The summed E-state index contributed by atoms with van der Waals surface area (Å²) in [5, 5.41) is 9.48. The minimum Gasteiger partial charge on any atom is -0.478 e. The van der Waals surface area contributed by atoms with Gasteiger partial charge in [0.1, 0.15) is 5.66 Å². The first-order valence-electron chi connectivity index (χ1n) is 15.1. The Morgan fingerprint density at radius 3 is 2.28 bits per heavy atom. The highest BCUT2D eigenvalue weighted by atomic mass is 16.4. The van der Waals surface area contributed by atoms with Crippen LogP contribution in [0.4, 0.5) is 0 Å². The number of amidine groups is 1. The third-order valence-corrected chi connectivity index (χ3v) is 8.94. The minimum atomic E-state index is -0.937. The van der Waals surface area contributed by atoms with Crippen LogP contribution in [0.5, 0.6) is 0 Å². The van der Waals surface area contributed by atoms with E-state index in [-0.39, 0.29) is 28.3 Å². The lowest BCUT2D eigenvalue weighted by molar-refractivity contribution is -0.132. The number of carbonyl (C=O) groups is 2. The number of carboxylic acid groups (broad SMARTS) is 1. The largest absolute Gasteiger partial charge is 0.478 e. The van der Waals surface area contributed by atoms with Gasteiger partial charge >= 0.3 is 5.97 Å². The van der Waals surface area contributed by atoms with E-state index in [1.54, 1.807) is 12.1 Å². The summed E-state index contributed by atoms with van der Waals surface area (Å²) in [6.45, 7) is 22.0. The van der Waals surface area contributed by atoms with Crippen LogP contribution in [-0.2, 0) is 4.79 Å². The SMILES string of the molecule is CCC(CCC1(C)N=C(N2CCCC(C)C2)C(=O)N1[C@H](CCC(C)(C)C)c1ccc(C(=O)O)cc1)C(C)(C)C. The molecule has 1 aromatic carbocycles. The summed E-state index contributed by atoms with van der Waals surface area (Å²) < 4.78 is 0. The average molecular weight is 540 g/mol. The summed E-state index contributed by atoms with van der Waals surface area (Å²) in [6.07, 6.45) is 6.90. The normalized spacial score (nSPS) is 24.1. The zero-order valence-electron chi connectivity index (χ0n) is 26.0. The highest BCUT2D eigenvalue weighted by molar-refractivity contribution is 6.39. The Morgan fingerprint density at radius 2 is 1.77 bits per heavy atom. The van der Waals surface area contributed by atoms with Gasteiger partial charge in [-0.1, -0.05) is 73.9 Å². The highest BCUT2D eigenvalue weighted by Crippen LogP contribution is 2.44. The first-order valence-corrected chi connectivity index (χ1v) is 15.1. The van der Waals surface area contributed by atoms with Gasteiger partial charge in [-0.25, -0.2) is 9.79 Å². The topological polar surface area (TPSA) is 73.2 Å². The lowest BCUT2D eigenvalue weighted by Gasteiger charge is -2.42. The fourth-order valence-corrected chi connectivity index (χ4v) is 6.46. The van der Waals surface area contributed by atoms with Crippen molar-refractivity contribution in [1.82, 2.24) is 9.80 Å². The first kappa shape index (κ1) is 31.2. The molecule has 0 spiro atoms. The molecule has 0 bridgehead atoms. The van der Waals surface area contributed by atoms with Crippen LogP contribution in [0.3, 0.4) is 0 Å². The molecule has 1 amide bonds. The molecule has 0 aromatic heterocycles. The molecule has 0 radical (unpaired) electrons. The number of benzene rings is 1. The van der Waals surface area contributed by atoms with Crippen molar-refractivity contribution in [3.8, 4) is 0 Å². The molecule has 6 nitrogen and oxygen atoms in total. The Hall–Kier alpha value is -2.37. The number of nitrogens with zero attached hydrogens (tertiary/aromatic N) is 3. The van der Waals surface area contributed by atoms with Crippen molar-refractivity contribution in [2.45, 2.75) is 119 Å². The summed E-state index contributed by atoms with van der Waals surface area (Å²) in [5.74, 6) is 0.781. The Labute approximate surface area is 237 Å². The van der Waals surface area contributed by atoms with Crippen LogP contribution in [0, 0.1) is 22.7 Å². The van der Waals surface area contributed by atoms with Gasteiger partial charge in [-0.2, -0.15) is 0 Å². The predicted molar refractivity (Wildman–Crippen MR) is 160 cm³/mol. The fraction of sp³-hybridized carbons (Fsp3) is 0.727. The zero-order valence-corrected chi connectivity index (χ0v) is 26.0. The molecule has 4 atom stereocenters. The van der Waals surface area contributed by atoms with Crippen molar-refractivity contribution in [2.24, 2.45) is 27.7 Å². The maximum absolute atomic E-state index is 14.4.